The fourth-order valence-corrected chi connectivity index (χ4v) is 1.46. The Morgan fingerprint density at radius 3 is 3.08 bits per heavy atom. The van der Waals surface area contributed by atoms with E-state index in [1.807, 2.05) is 18.3 Å². The van der Waals surface area contributed by atoms with E-state index in [1.54, 1.807) is 4.40 Å². The summed E-state index contributed by atoms with van der Waals surface area (Å²) >= 11 is 3.33. The number of halogens is 1. The molecule has 2 heterocycles. The fraction of sp³-hybridized carbons (Fsp3) is 0.143. The van der Waals surface area contributed by atoms with E-state index in [9.17, 15) is 0 Å². The second kappa shape index (κ2) is 2.84. The lowest BCUT2D eigenvalue weighted by atomic mass is 10.5. The van der Waals surface area contributed by atoms with Crippen LogP contribution in [-0.2, 0) is 6.61 Å². The number of nitrogens with zero attached hydrogens (tertiary/aromatic N) is 3. The van der Waals surface area contributed by atoms with Crippen LogP contribution in [0.4, 0.5) is 0 Å². The third-order valence-electron chi connectivity index (χ3n) is 1.60. The predicted molar refractivity (Wildman–Crippen MR) is 46.6 cm³/mol. The topological polar surface area (TPSA) is 50.4 Å². The average molecular weight is 228 g/mol. The summed E-state index contributed by atoms with van der Waals surface area (Å²) in [6.07, 6.45) is 1.81. The lowest BCUT2D eigenvalue weighted by Crippen LogP contribution is -1.92. The predicted octanol–water partition coefficient (Wildman–Crippen LogP) is 0.984. The summed E-state index contributed by atoms with van der Waals surface area (Å²) in [5.74, 6) is 0.548. The molecule has 0 unspecified atom stereocenters. The number of aliphatic hydroxyl groups excluding tert-OH is 1. The maximum atomic E-state index is 8.88. The largest absolute Gasteiger partial charge is 0.388 e. The van der Waals surface area contributed by atoms with Crippen LogP contribution in [0, 0.1) is 0 Å². The van der Waals surface area contributed by atoms with Gasteiger partial charge in [0, 0.05) is 6.20 Å². The number of rotatable bonds is 1. The van der Waals surface area contributed by atoms with Gasteiger partial charge in [0.15, 0.2) is 11.5 Å². The number of pyridine rings is 1. The van der Waals surface area contributed by atoms with E-state index in [-0.39, 0.29) is 6.61 Å². The Hall–Kier alpha value is -0.940. The Bertz CT molecular complexity index is 412. The van der Waals surface area contributed by atoms with Crippen molar-refractivity contribution < 1.29 is 5.11 Å². The summed E-state index contributed by atoms with van der Waals surface area (Å²) in [7, 11) is 0. The van der Waals surface area contributed by atoms with Crippen LogP contribution in [0.1, 0.15) is 5.82 Å². The molecule has 1 N–H and O–H groups in total. The highest BCUT2D eigenvalue weighted by Gasteiger charge is 2.04. The highest BCUT2D eigenvalue weighted by atomic mass is 79.9. The normalized spacial score (nSPS) is 10.8. The van der Waals surface area contributed by atoms with Crippen molar-refractivity contribution in [1.29, 1.82) is 0 Å². The molecule has 0 aromatic carbocycles. The first-order valence-corrected chi connectivity index (χ1v) is 4.21. The van der Waals surface area contributed by atoms with Gasteiger partial charge in [-0.25, -0.2) is 0 Å². The van der Waals surface area contributed by atoms with E-state index >= 15 is 0 Å². The Morgan fingerprint density at radius 2 is 2.33 bits per heavy atom. The third kappa shape index (κ3) is 1.02. The number of hydrogen-bond donors (Lipinski definition) is 1. The van der Waals surface area contributed by atoms with E-state index in [1.165, 1.54) is 0 Å². The second-order valence-electron chi connectivity index (χ2n) is 2.32. The zero-order valence-corrected chi connectivity index (χ0v) is 7.69. The van der Waals surface area contributed by atoms with Crippen LogP contribution in [0.2, 0.25) is 0 Å². The van der Waals surface area contributed by atoms with Crippen LogP contribution in [0.15, 0.2) is 22.8 Å². The molecule has 4 nitrogen and oxygen atoms in total. The van der Waals surface area contributed by atoms with Gasteiger partial charge in [-0.15, -0.1) is 10.2 Å². The Balaban J connectivity index is 2.80. The molecule has 0 bridgehead atoms. The minimum atomic E-state index is -0.0996. The van der Waals surface area contributed by atoms with Gasteiger partial charge >= 0.3 is 0 Å². The molecule has 5 heteroatoms. The molecule has 2 aromatic heterocycles. The summed E-state index contributed by atoms with van der Waals surface area (Å²) < 4.78 is 2.61. The second-order valence-corrected chi connectivity index (χ2v) is 3.18. The minimum absolute atomic E-state index is 0.0996. The fourth-order valence-electron chi connectivity index (χ4n) is 1.04. The van der Waals surface area contributed by atoms with Gasteiger partial charge in [0.25, 0.3) is 0 Å². The van der Waals surface area contributed by atoms with Gasteiger partial charge in [-0.3, -0.25) is 4.40 Å². The first-order valence-electron chi connectivity index (χ1n) is 3.42. The van der Waals surface area contributed by atoms with Gasteiger partial charge in [-0.05, 0) is 28.1 Å². The minimum Gasteiger partial charge on any atom is -0.388 e. The quantitative estimate of drug-likeness (QED) is 0.791. The third-order valence-corrected chi connectivity index (χ3v) is 2.22. The van der Waals surface area contributed by atoms with Gasteiger partial charge in [0.2, 0.25) is 0 Å². The van der Waals surface area contributed by atoms with E-state index in [4.69, 9.17) is 5.11 Å². The van der Waals surface area contributed by atoms with Gasteiger partial charge in [0.1, 0.15) is 6.61 Å². The standard InChI is InChI=1S/C7H6BrN3O/c8-5-2-1-3-11-6(4-12)9-10-7(5)11/h1-3,12H,4H2. The van der Waals surface area contributed by atoms with Crippen molar-refractivity contribution in [1.82, 2.24) is 14.6 Å². The van der Waals surface area contributed by atoms with Crippen molar-refractivity contribution in [3.05, 3.63) is 28.6 Å². The van der Waals surface area contributed by atoms with Gasteiger partial charge in [0.05, 0.1) is 4.47 Å². The Morgan fingerprint density at radius 1 is 1.50 bits per heavy atom. The lowest BCUT2D eigenvalue weighted by Gasteiger charge is -1.95. The molecule has 0 fully saturated rings. The van der Waals surface area contributed by atoms with Gasteiger partial charge < -0.3 is 5.11 Å². The summed E-state index contributed by atoms with van der Waals surface area (Å²) in [6, 6.07) is 3.74. The summed E-state index contributed by atoms with van der Waals surface area (Å²) in [5, 5.41) is 16.6. The van der Waals surface area contributed by atoms with Crippen molar-refractivity contribution in [2.75, 3.05) is 0 Å². The molecule has 0 saturated heterocycles. The van der Waals surface area contributed by atoms with Crippen LogP contribution in [-0.4, -0.2) is 19.7 Å². The molecule has 0 aliphatic carbocycles. The number of hydrogen-bond acceptors (Lipinski definition) is 3. The van der Waals surface area contributed by atoms with Crippen molar-refractivity contribution >= 4 is 21.6 Å². The summed E-state index contributed by atoms with van der Waals surface area (Å²) in [5.41, 5.74) is 0.724. The van der Waals surface area contributed by atoms with Gasteiger partial charge in [-0.1, -0.05) is 0 Å². The monoisotopic (exact) mass is 227 g/mol. The van der Waals surface area contributed by atoms with Crippen molar-refractivity contribution in [3.8, 4) is 0 Å². The van der Waals surface area contributed by atoms with E-state index in [0.717, 1.165) is 10.1 Å². The molecular weight excluding hydrogens is 222 g/mol. The summed E-state index contributed by atoms with van der Waals surface area (Å²) in [4.78, 5) is 0. The van der Waals surface area contributed by atoms with Crippen LogP contribution in [0.25, 0.3) is 5.65 Å². The van der Waals surface area contributed by atoms with E-state index < -0.39 is 0 Å². The van der Waals surface area contributed by atoms with Crippen molar-refractivity contribution in [3.63, 3.8) is 0 Å². The van der Waals surface area contributed by atoms with Crippen molar-refractivity contribution in [2.45, 2.75) is 6.61 Å². The van der Waals surface area contributed by atoms with Crippen molar-refractivity contribution in [2.24, 2.45) is 0 Å². The Kier molecular flexibility index (Phi) is 1.82. The summed E-state index contributed by atoms with van der Waals surface area (Å²) in [6.45, 7) is -0.0996. The van der Waals surface area contributed by atoms with Crippen LogP contribution < -0.4 is 0 Å². The van der Waals surface area contributed by atoms with Gasteiger partial charge in [-0.2, -0.15) is 0 Å². The molecule has 0 amide bonds. The number of fused-ring (bicyclic) bond motifs is 1. The smallest absolute Gasteiger partial charge is 0.175 e. The Labute approximate surface area is 77.0 Å². The number of aliphatic hydroxyl groups is 1. The van der Waals surface area contributed by atoms with Crippen LogP contribution >= 0.6 is 15.9 Å². The van der Waals surface area contributed by atoms with Crippen LogP contribution in [0.3, 0.4) is 0 Å². The maximum absolute atomic E-state index is 8.88. The van der Waals surface area contributed by atoms with Crippen LogP contribution in [0.5, 0.6) is 0 Å². The maximum Gasteiger partial charge on any atom is 0.175 e. The molecular formula is C7H6BrN3O. The molecule has 0 aliphatic heterocycles. The molecule has 62 valence electrons. The highest BCUT2D eigenvalue weighted by Crippen LogP contribution is 2.15. The first-order chi connectivity index (χ1) is 5.83. The van der Waals surface area contributed by atoms with E-state index in [2.05, 4.69) is 26.1 Å². The zero-order chi connectivity index (χ0) is 8.55. The number of aromatic nitrogens is 3. The molecule has 12 heavy (non-hydrogen) atoms. The zero-order valence-electron chi connectivity index (χ0n) is 6.11. The molecule has 0 spiro atoms. The SMILES string of the molecule is OCc1nnc2c(Br)cccn12. The molecule has 2 rings (SSSR count). The molecule has 2 aromatic rings. The molecule has 0 atom stereocenters. The molecule has 0 aliphatic rings. The average Bonchev–Trinajstić information content (AvgIpc) is 2.49. The highest BCUT2D eigenvalue weighted by molar-refractivity contribution is 9.10. The molecule has 0 saturated carbocycles. The first kappa shape index (κ1) is 7.70. The van der Waals surface area contributed by atoms with E-state index in [0.29, 0.717) is 5.82 Å². The lowest BCUT2D eigenvalue weighted by molar-refractivity contribution is 0.270. The molecule has 0 radical (unpaired) electrons.